The summed E-state index contributed by atoms with van der Waals surface area (Å²) in [7, 11) is 0. The lowest BCUT2D eigenvalue weighted by Gasteiger charge is -2.23. The van der Waals surface area contributed by atoms with Gasteiger partial charge in [0.2, 0.25) is 0 Å². The Morgan fingerprint density at radius 3 is 2.68 bits per heavy atom. The SMILES string of the molecule is O=C(O)CCCCCC[C@H]1CC[C@@H](O)[C@@H]1CC[C@H](O)c1cc2ccccc2s1. The molecule has 3 rings (SSSR count). The number of aliphatic hydroxyl groups is 2. The molecule has 4 atom stereocenters. The van der Waals surface area contributed by atoms with Crippen molar-refractivity contribution in [2.45, 2.75) is 76.4 Å². The fourth-order valence-corrected chi connectivity index (χ4v) is 5.69. The number of aliphatic carboxylic acids is 1. The standard InChI is InChI=1S/C23H32O4S/c24-19-13-11-16(7-3-1-2-4-10-23(26)27)18(19)12-14-20(25)22-15-17-8-5-6-9-21(17)28-22/h5-6,8-9,15-16,18-20,24-25H,1-4,7,10-14H2,(H,26,27)/t16-,18+,19+,20-/m0/s1. The molecule has 0 amide bonds. The van der Waals surface area contributed by atoms with Gasteiger partial charge >= 0.3 is 5.97 Å². The summed E-state index contributed by atoms with van der Waals surface area (Å²) in [6.45, 7) is 0. The number of unbranched alkanes of at least 4 members (excludes halogenated alkanes) is 3. The van der Waals surface area contributed by atoms with Crippen molar-refractivity contribution in [3.63, 3.8) is 0 Å². The normalized spacial score (nSPS) is 23.3. The number of carboxylic acid groups (broad SMARTS) is 1. The monoisotopic (exact) mass is 404 g/mol. The molecule has 1 aliphatic rings. The lowest BCUT2D eigenvalue weighted by Crippen LogP contribution is -2.20. The van der Waals surface area contributed by atoms with E-state index in [4.69, 9.17) is 5.11 Å². The molecular weight excluding hydrogens is 372 g/mol. The second kappa shape index (κ2) is 10.4. The molecule has 1 saturated carbocycles. The number of carbonyl (C=O) groups is 1. The van der Waals surface area contributed by atoms with Gasteiger partial charge in [0, 0.05) is 16.0 Å². The number of carboxylic acids is 1. The van der Waals surface area contributed by atoms with Crippen LogP contribution in [0, 0.1) is 11.8 Å². The summed E-state index contributed by atoms with van der Waals surface area (Å²) < 4.78 is 1.21. The summed E-state index contributed by atoms with van der Waals surface area (Å²) in [6.07, 6.45) is 8.06. The number of rotatable bonds is 11. The second-order valence-electron chi connectivity index (χ2n) is 8.20. The van der Waals surface area contributed by atoms with Crippen LogP contribution in [0.2, 0.25) is 0 Å². The van der Waals surface area contributed by atoms with Gasteiger partial charge in [-0.3, -0.25) is 4.79 Å². The average Bonchev–Trinajstić information content (AvgIpc) is 3.26. The molecule has 0 saturated heterocycles. The molecule has 3 N–H and O–H groups in total. The van der Waals surface area contributed by atoms with Crippen LogP contribution in [0.1, 0.15) is 75.2 Å². The lowest BCUT2D eigenvalue weighted by atomic mass is 9.85. The van der Waals surface area contributed by atoms with Gasteiger partial charge in [-0.1, -0.05) is 43.9 Å². The van der Waals surface area contributed by atoms with Crippen molar-refractivity contribution < 1.29 is 20.1 Å². The summed E-state index contributed by atoms with van der Waals surface area (Å²) >= 11 is 1.66. The van der Waals surface area contributed by atoms with Crippen molar-refractivity contribution in [1.82, 2.24) is 0 Å². The summed E-state index contributed by atoms with van der Waals surface area (Å²) in [5.41, 5.74) is 0. The van der Waals surface area contributed by atoms with Crippen molar-refractivity contribution in [2.75, 3.05) is 0 Å². The van der Waals surface area contributed by atoms with E-state index in [0.29, 0.717) is 12.3 Å². The van der Waals surface area contributed by atoms with Gasteiger partial charge in [0.15, 0.2) is 0 Å². The van der Waals surface area contributed by atoms with Gasteiger partial charge in [0.05, 0.1) is 12.2 Å². The highest BCUT2D eigenvalue weighted by molar-refractivity contribution is 7.19. The van der Waals surface area contributed by atoms with Crippen LogP contribution in [0.4, 0.5) is 0 Å². The summed E-state index contributed by atoms with van der Waals surface area (Å²) in [5, 5.41) is 30.9. The molecule has 5 heteroatoms. The van der Waals surface area contributed by atoms with Crippen molar-refractivity contribution >= 4 is 27.4 Å². The zero-order chi connectivity index (χ0) is 19.9. The molecule has 1 heterocycles. The van der Waals surface area contributed by atoms with Gasteiger partial charge in [-0.05, 0) is 61.5 Å². The molecule has 2 aromatic rings. The van der Waals surface area contributed by atoms with E-state index in [0.717, 1.165) is 56.2 Å². The average molecular weight is 405 g/mol. The van der Waals surface area contributed by atoms with E-state index in [9.17, 15) is 15.0 Å². The van der Waals surface area contributed by atoms with E-state index in [1.807, 2.05) is 12.1 Å². The number of thiophene rings is 1. The highest BCUT2D eigenvalue weighted by Gasteiger charge is 2.34. The maximum absolute atomic E-state index is 10.7. The molecule has 154 valence electrons. The van der Waals surface area contributed by atoms with Crippen molar-refractivity contribution in [1.29, 1.82) is 0 Å². The Morgan fingerprint density at radius 2 is 1.89 bits per heavy atom. The summed E-state index contributed by atoms with van der Waals surface area (Å²) in [4.78, 5) is 11.6. The lowest BCUT2D eigenvalue weighted by molar-refractivity contribution is -0.137. The molecule has 4 nitrogen and oxygen atoms in total. The summed E-state index contributed by atoms with van der Waals surface area (Å²) in [5.74, 6) is 0.100. The minimum absolute atomic E-state index is 0.244. The number of benzene rings is 1. The molecule has 28 heavy (non-hydrogen) atoms. The van der Waals surface area contributed by atoms with Gasteiger partial charge in [-0.15, -0.1) is 11.3 Å². The third-order valence-corrected chi connectivity index (χ3v) is 7.41. The molecule has 0 aliphatic heterocycles. The van der Waals surface area contributed by atoms with E-state index in [1.165, 1.54) is 10.1 Å². The van der Waals surface area contributed by atoms with E-state index in [-0.39, 0.29) is 18.4 Å². The Bertz CT molecular complexity index is 723. The smallest absolute Gasteiger partial charge is 0.303 e. The van der Waals surface area contributed by atoms with Gasteiger partial charge in [0.1, 0.15) is 0 Å². The topological polar surface area (TPSA) is 77.8 Å². The number of fused-ring (bicyclic) bond motifs is 1. The van der Waals surface area contributed by atoms with Crippen LogP contribution in [0.3, 0.4) is 0 Å². The fourth-order valence-electron chi connectivity index (χ4n) is 4.61. The highest BCUT2D eigenvalue weighted by Crippen LogP contribution is 2.40. The van der Waals surface area contributed by atoms with Crippen LogP contribution in [0.25, 0.3) is 10.1 Å². The largest absolute Gasteiger partial charge is 0.481 e. The van der Waals surface area contributed by atoms with Crippen LogP contribution < -0.4 is 0 Å². The zero-order valence-corrected chi connectivity index (χ0v) is 17.2. The first-order valence-corrected chi connectivity index (χ1v) is 11.4. The van der Waals surface area contributed by atoms with E-state index >= 15 is 0 Å². The third-order valence-electron chi connectivity index (χ3n) is 6.19. The van der Waals surface area contributed by atoms with Crippen LogP contribution in [0.15, 0.2) is 30.3 Å². The van der Waals surface area contributed by atoms with Crippen molar-refractivity contribution in [3.05, 3.63) is 35.2 Å². The van der Waals surface area contributed by atoms with Crippen molar-refractivity contribution in [2.24, 2.45) is 11.8 Å². The van der Waals surface area contributed by atoms with E-state index < -0.39 is 12.1 Å². The molecular formula is C23H32O4S. The predicted octanol–water partition coefficient (Wildman–Crippen LogP) is 5.53. The Labute approximate surface area is 171 Å². The molecule has 1 aromatic carbocycles. The third kappa shape index (κ3) is 5.79. The number of aliphatic hydroxyl groups excluding tert-OH is 2. The first kappa shape index (κ1) is 21.3. The van der Waals surface area contributed by atoms with Gasteiger partial charge < -0.3 is 15.3 Å². The maximum Gasteiger partial charge on any atom is 0.303 e. The van der Waals surface area contributed by atoms with Crippen LogP contribution in [-0.2, 0) is 4.79 Å². The first-order chi connectivity index (χ1) is 13.5. The predicted molar refractivity (Wildman–Crippen MR) is 114 cm³/mol. The molecule has 1 aliphatic carbocycles. The summed E-state index contributed by atoms with van der Waals surface area (Å²) in [6, 6.07) is 10.3. The first-order valence-electron chi connectivity index (χ1n) is 10.6. The van der Waals surface area contributed by atoms with Gasteiger partial charge in [-0.25, -0.2) is 0 Å². The molecule has 1 fully saturated rings. The Hall–Kier alpha value is -1.43. The van der Waals surface area contributed by atoms with Crippen LogP contribution in [0.5, 0.6) is 0 Å². The Morgan fingerprint density at radius 1 is 1.11 bits per heavy atom. The van der Waals surface area contributed by atoms with Crippen LogP contribution in [-0.4, -0.2) is 27.4 Å². The second-order valence-corrected chi connectivity index (χ2v) is 9.31. The number of hydrogen-bond donors (Lipinski definition) is 3. The van der Waals surface area contributed by atoms with Gasteiger partial charge in [-0.2, -0.15) is 0 Å². The maximum atomic E-state index is 10.7. The minimum Gasteiger partial charge on any atom is -0.481 e. The fraction of sp³-hybridized carbons (Fsp3) is 0.609. The minimum atomic E-state index is -0.712. The number of hydrogen-bond acceptors (Lipinski definition) is 4. The molecule has 0 unspecified atom stereocenters. The zero-order valence-electron chi connectivity index (χ0n) is 16.4. The molecule has 0 bridgehead atoms. The van der Waals surface area contributed by atoms with Crippen LogP contribution >= 0.6 is 11.3 Å². The van der Waals surface area contributed by atoms with E-state index in [1.54, 1.807) is 11.3 Å². The Balaban J connectivity index is 1.44. The molecule has 0 spiro atoms. The highest BCUT2D eigenvalue weighted by atomic mass is 32.1. The van der Waals surface area contributed by atoms with Crippen molar-refractivity contribution in [3.8, 4) is 0 Å². The molecule has 0 radical (unpaired) electrons. The van der Waals surface area contributed by atoms with Gasteiger partial charge in [0.25, 0.3) is 0 Å². The van der Waals surface area contributed by atoms with E-state index in [2.05, 4.69) is 18.2 Å². The molecule has 1 aromatic heterocycles. The quantitative estimate of drug-likeness (QED) is 0.431. The Kier molecular flexibility index (Phi) is 7.89.